The summed E-state index contributed by atoms with van der Waals surface area (Å²) in [7, 11) is 2.06. The molecule has 0 aliphatic heterocycles. The Bertz CT molecular complexity index is 393. The average molecular weight is 419 g/mol. The lowest BCUT2D eigenvalue weighted by Gasteiger charge is -2.18. The van der Waals surface area contributed by atoms with Crippen LogP contribution in [0.4, 0.5) is 0 Å². The van der Waals surface area contributed by atoms with Crippen LogP contribution in [0.15, 0.2) is 27.1 Å². The molecule has 1 aromatic carbocycles. The molecule has 0 aliphatic rings. The summed E-state index contributed by atoms with van der Waals surface area (Å²) >= 11 is 7.24. The molecule has 0 fully saturated rings. The maximum absolute atomic E-state index is 3.67. The van der Waals surface area contributed by atoms with Gasteiger partial charge in [0.05, 0.1) is 0 Å². The molecule has 1 N–H and O–H groups in total. The first-order valence-electron chi connectivity index (χ1n) is 8.31. The second-order valence-electron chi connectivity index (χ2n) is 5.77. The smallest absolute Gasteiger partial charge is 0.0329 e. The Morgan fingerprint density at radius 1 is 0.952 bits per heavy atom. The molecule has 3 heteroatoms. The van der Waals surface area contributed by atoms with Crippen molar-refractivity contribution in [3.8, 4) is 0 Å². The molecule has 0 saturated carbocycles. The summed E-state index contributed by atoms with van der Waals surface area (Å²) in [5.41, 5.74) is 1.36. The zero-order valence-electron chi connectivity index (χ0n) is 13.4. The van der Waals surface area contributed by atoms with Crippen molar-refractivity contribution in [2.45, 2.75) is 70.8 Å². The van der Waals surface area contributed by atoms with E-state index in [1.54, 1.807) is 0 Å². The Hall–Kier alpha value is 0.140. The summed E-state index contributed by atoms with van der Waals surface area (Å²) in [6.45, 7) is 2.28. The van der Waals surface area contributed by atoms with Crippen LogP contribution in [-0.4, -0.2) is 7.05 Å². The molecule has 1 atom stereocenters. The summed E-state index contributed by atoms with van der Waals surface area (Å²) in [6.07, 6.45) is 12.2. The molecular weight excluding hydrogens is 390 g/mol. The summed E-state index contributed by atoms with van der Waals surface area (Å²) in [5, 5.41) is 3.45. The average Bonchev–Trinajstić information content (AvgIpc) is 2.49. The van der Waals surface area contributed by atoms with Gasteiger partial charge in [-0.05, 0) is 37.2 Å². The number of hydrogen-bond donors (Lipinski definition) is 1. The van der Waals surface area contributed by atoms with Gasteiger partial charge in [-0.25, -0.2) is 0 Å². The van der Waals surface area contributed by atoms with Gasteiger partial charge in [0.15, 0.2) is 0 Å². The topological polar surface area (TPSA) is 12.0 Å². The first-order chi connectivity index (χ1) is 10.2. The van der Waals surface area contributed by atoms with E-state index in [4.69, 9.17) is 0 Å². The fourth-order valence-electron chi connectivity index (χ4n) is 2.72. The van der Waals surface area contributed by atoms with Crippen molar-refractivity contribution in [3.63, 3.8) is 0 Å². The fraction of sp³-hybridized carbons (Fsp3) is 0.667. The number of benzene rings is 1. The monoisotopic (exact) mass is 417 g/mol. The van der Waals surface area contributed by atoms with Gasteiger partial charge in [-0.15, -0.1) is 0 Å². The van der Waals surface area contributed by atoms with Gasteiger partial charge >= 0.3 is 0 Å². The van der Waals surface area contributed by atoms with Crippen LogP contribution in [0.2, 0.25) is 0 Å². The minimum Gasteiger partial charge on any atom is -0.313 e. The Morgan fingerprint density at radius 3 is 2.19 bits per heavy atom. The van der Waals surface area contributed by atoms with Crippen LogP contribution in [-0.2, 0) is 0 Å². The van der Waals surface area contributed by atoms with E-state index in [1.165, 1.54) is 67.8 Å². The molecule has 1 rings (SSSR count). The first kappa shape index (κ1) is 19.2. The molecule has 1 unspecified atom stereocenters. The Balaban J connectivity index is 2.27. The number of hydrogen-bond acceptors (Lipinski definition) is 1. The largest absolute Gasteiger partial charge is 0.313 e. The summed E-state index contributed by atoms with van der Waals surface area (Å²) < 4.78 is 2.35. The maximum atomic E-state index is 3.67. The van der Waals surface area contributed by atoms with Crippen LogP contribution < -0.4 is 5.32 Å². The second kappa shape index (κ2) is 11.7. The molecule has 21 heavy (non-hydrogen) atoms. The van der Waals surface area contributed by atoms with Gasteiger partial charge in [-0.3, -0.25) is 0 Å². The molecule has 0 spiro atoms. The van der Waals surface area contributed by atoms with E-state index < -0.39 is 0 Å². The minimum absolute atomic E-state index is 0.442. The third-order valence-electron chi connectivity index (χ3n) is 4.03. The van der Waals surface area contributed by atoms with E-state index >= 15 is 0 Å². The highest BCUT2D eigenvalue weighted by atomic mass is 79.9. The standard InChI is InChI=1S/C18H29Br2N/c1-3-4-5-6-7-8-9-10-11-18(21-2)16-14-15(19)12-13-17(16)20/h12-14,18,21H,3-11H2,1-2H3. The second-order valence-corrected chi connectivity index (χ2v) is 7.54. The highest BCUT2D eigenvalue weighted by Crippen LogP contribution is 2.29. The predicted octanol–water partition coefficient (Wildman–Crippen LogP) is 7.00. The number of nitrogens with one attached hydrogen (secondary N) is 1. The van der Waals surface area contributed by atoms with E-state index in [1.807, 2.05) is 0 Å². The van der Waals surface area contributed by atoms with Crippen molar-refractivity contribution in [1.82, 2.24) is 5.32 Å². The van der Waals surface area contributed by atoms with Crippen LogP contribution in [0.3, 0.4) is 0 Å². The van der Waals surface area contributed by atoms with Gasteiger partial charge in [-0.2, -0.15) is 0 Å². The Kier molecular flexibility index (Phi) is 10.7. The van der Waals surface area contributed by atoms with E-state index in [0.29, 0.717) is 6.04 Å². The molecule has 0 heterocycles. The van der Waals surface area contributed by atoms with E-state index in [-0.39, 0.29) is 0 Å². The van der Waals surface area contributed by atoms with Crippen LogP contribution in [0.25, 0.3) is 0 Å². The van der Waals surface area contributed by atoms with Crippen LogP contribution in [0, 0.1) is 0 Å². The molecule has 120 valence electrons. The van der Waals surface area contributed by atoms with Crippen LogP contribution in [0.5, 0.6) is 0 Å². The molecule has 0 bridgehead atoms. The first-order valence-corrected chi connectivity index (χ1v) is 9.89. The molecule has 0 amide bonds. The van der Waals surface area contributed by atoms with Crippen molar-refractivity contribution in [1.29, 1.82) is 0 Å². The highest BCUT2D eigenvalue weighted by Gasteiger charge is 2.12. The van der Waals surface area contributed by atoms with E-state index in [0.717, 1.165) is 4.47 Å². The van der Waals surface area contributed by atoms with Gasteiger partial charge in [0.2, 0.25) is 0 Å². The quantitative estimate of drug-likeness (QED) is 0.381. The van der Waals surface area contributed by atoms with Crippen LogP contribution >= 0.6 is 31.9 Å². The third kappa shape index (κ3) is 7.80. The van der Waals surface area contributed by atoms with Crippen molar-refractivity contribution < 1.29 is 0 Å². The summed E-state index contributed by atoms with van der Waals surface area (Å²) in [6, 6.07) is 6.86. The molecule has 0 aromatic heterocycles. The SMILES string of the molecule is CCCCCCCCCCC(NC)c1cc(Br)ccc1Br. The van der Waals surface area contributed by atoms with E-state index in [2.05, 4.69) is 69.3 Å². The Labute approximate surface area is 147 Å². The van der Waals surface area contributed by atoms with E-state index in [9.17, 15) is 0 Å². The fourth-order valence-corrected chi connectivity index (χ4v) is 3.62. The lowest BCUT2D eigenvalue weighted by atomic mass is 9.99. The zero-order chi connectivity index (χ0) is 15.5. The molecule has 1 nitrogen and oxygen atoms in total. The molecular formula is C18H29Br2N. The molecule has 0 aliphatic carbocycles. The summed E-state index contributed by atoms with van der Waals surface area (Å²) in [5.74, 6) is 0. The van der Waals surface area contributed by atoms with Crippen molar-refractivity contribution >= 4 is 31.9 Å². The summed E-state index contributed by atoms with van der Waals surface area (Å²) in [4.78, 5) is 0. The highest BCUT2D eigenvalue weighted by molar-refractivity contribution is 9.11. The van der Waals surface area contributed by atoms with Crippen LogP contribution in [0.1, 0.15) is 76.3 Å². The minimum atomic E-state index is 0.442. The van der Waals surface area contributed by atoms with Gasteiger partial charge < -0.3 is 5.32 Å². The lowest BCUT2D eigenvalue weighted by molar-refractivity contribution is 0.493. The predicted molar refractivity (Wildman–Crippen MR) is 101 cm³/mol. The van der Waals surface area contributed by atoms with Crippen molar-refractivity contribution in [3.05, 3.63) is 32.7 Å². The van der Waals surface area contributed by atoms with Crippen molar-refractivity contribution in [2.24, 2.45) is 0 Å². The van der Waals surface area contributed by atoms with Gasteiger partial charge in [0.25, 0.3) is 0 Å². The lowest BCUT2D eigenvalue weighted by Crippen LogP contribution is -2.16. The number of halogens is 2. The number of unbranched alkanes of at least 4 members (excludes halogenated alkanes) is 7. The zero-order valence-corrected chi connectivity index (χ0v) is 16.6. The Morgan fingerprint density at radius 2 is 1.57 bits per heavy atom. The number of rotatable bonds is 11. The molecule has 1 aromatic rings. The maximum Gasteiger partial charge on any atom is 0.0329 e. The normalized spacial score (nSPS) is 12.6. The molecule has 0 saturated heterocycles. The van der Waals surface area contributed by atoms with Gasteiger partial charge in [0, 0.05) is 15.0 Å². The van der Waals surface area contributed by atoms with Gasteiger partial charge in [0.1, 0.15) is 0 Å². The van der Waals surface area contributed by atoms with Crippen molar-refractivity contribution in [2.75, 3.05) is 7.05 Å². The van der Waals surface area contributed by atoms with Gasteiger partial charge in [-0.1, -0.05) is 90.2 Å². The molecule has 0 radical (unpaired) electrons. The third-order valence-corrected chi connectivity index (χ3v) is 5.24.